The topological polar surface area (TPSA) is 109 Å². The number of anilines is 2. The first-order valence-corrected chi connectivity index (χ1v) is 7.99. The van der Waals surface area contributed by atoms with Crippen LogP contribution in [0, 0.1) is 0 Å². The number of carboxylic acid groups (broad SMARTS) is 1. The lowest BCUT2D eigenvalue weighted by atomic mass is 10.2. The Labute approximate surface area is 128 Å². The number of carbonyl (C=O) groups is 1. The molecule has 0 fully saturated rings. The van der Waals surface area contributed by atoms with Gasteiger partial charge in [-0.1, -0.05) is 0 Å². The quantitative estimate of drug-likeness (QED) is 0.727. The second-order valence-corrected chi connectivity index (χ2v) is 6.75. The van der Waals surface area contributed by atoms with Gasteiger partial charge >= 0.3 is 5.97 Å². The molecule has 0 spiro atoms. The minimum atomic E-state index is -3.62. The van der Waals surface area contributed by atoms with Crippen molar-refractivity contribution < 1.29 is 18.3 Å². The highest BCUT2D eigenvalue weighted by Gasteiger charge is 2.17. The Balaban J connectivity index is 2.26. The zero-order valence-corrected chi connectivity index (χ0v) is 12.7. The lowest BCUT2D eigenvalue weighted by molar-refractivity contribution is -0.137. The highest BCUT2D eigenvalue weighted by atomic mass is 32.2. The van der Waals surface area contributed by atoms with Crippen molar-refractivity contribution in [3.63, 3.8) is 0 Å². The van der Waals surface area contributed by atoms with Crippen LogP contribution >= 0.6 is 0 Å². The van der Waals surface area contributed by atoms with Crippen molar-refractivity contribution in [3.05, 3.63) is 48.5 Å². The third-order valence-corrected chi connectivity index (χ3v) is 4.89. The molecule has 2 aromatic carbocycles. The number of nitrogens with one attached hydrogen (secondary N) is 1. The van der Waals surface area contributed by atoms with Crippen LogP contribution in [0.4, 0.5) is 11.4 Å². The Morgan fingerprint density at radius 1 is 1.05 bits per heavy atom. The van der Waals surface area contributed by atoms with Gasteiger partial charge in [-0.3, -0.25) is 4.79 Å². The maximum Gasteiger partial charge on any atom is 0.325 e. The smallest absolute Gasteiger partial charge is 0.325 e. The van der Waals surface area contributed by atoms with Crippen LogP contribution in [0.15, 0.2) is 58.3 Å². The number of nitrogen functional groups attached to an aromatic ring is 1. The van der Waals surface area contributed by atoms with Crippen molar-refractivity contribution in [2.24, 2.45) is 0 Å². The molecule has 4 N–H and O–H groups in total. The van der Waals surface area contributed by atoms with Gasteiger partial charge in [0.2, 0.25) is 9.84 Å². The van der Waals surface area contributed by atoms with E-state index in [1.807, 2.05) is 0 Å². The summed E-state index contributed by atoms with van der Waals surface area (Å²) in [6, 6.07) is 11.1. The first kappa shape index (κ1) is 15.8. The molecule has 0 aliphatic heterocycles. The molecule has 22 heavy (non-hydrogen) atoms. The molecule has 0 aliphatic carbocycles. The van der Waals surface area contributed by atoms with Gasteiger partial charge in [0.15, 0.2) is 0 Å². The van der Waals surface area contributed by atoms with Crippen LogP contribution in [0.25, 0.3) is 0 Å². The molecule has 2 aromatic rings. The standard InChI is InChI=1S/C15H16N2O4S/c1-10(15(18)19)17-12-4-8-14(9-5-12)22(20,21)13-6-2-11(16)3-7-13/h2-10,17H,16H2,1H3,(H,18,19)/t10-/m0/s1. The molecule has 0 amide bonds. The zero-order valence-electron chi connectivity index (χ0n) is 11.9. The number of hydrogen-bond acceptors (Lipinski definition) is 5. The highest BCUT2D eigenvalue weighted by molar-refractivity contribution is 7.91. The number of benzene rings is 2. The maximum atomic E-state index is 12.4. The molecule has 6 nitrogen and oxygen atoms in total. The fourth-order valence-corrected chi connectivity index (χ4v) is 3.09. The molecule has 0 saturated heterocycles. The Morgan fingerprint density at radius 2 is 1.50 bits per heavy atom. The molecule has 116 valence electrons. The van der Waals surface area contributed by atoms with Crippen molar-refractivity contribution in [1.29, 1.82) is 0 Å². The molecule has 7 heteroatoms. The highest BCUT2D eigenvalue weighted by Crippen LogP contribution is 2.23. The summed E-state index contributed by atoms with van der Waals surface area (Å²) >= 11 is 0. The van der Waals surface area contributed by atoms with Crippen molar-refractivity contribution in [1.82, 2.24) is 0 Å². The second-order valence-electron chi connectivity index (χ2n) is 4.80. The summed E-state index contributed by atoms with van der Waals surface area (Å²) < 4.78 is 24.9. The predicted molar refractivity (Wildman–Crippen MR) is 83.5 cm³/mol. The minimum Gasteiger partial charge on any atom is -0.480 e. The molecule has 2 rings (SSSR count). The van der Waals surface area contributed by atoms with Crippen molar-refractivity contribution >= 4 is 27.2 Å². The number of rotatable bonds is 5. The number of nitrogens with two attached hydrogens (primary N) is 1. The largest absolute Gasteiger partial charge is 0.480 e. The summed E-state index contributed by atoms with van der Waals surface area (Å²) in [5, 5.41) is 11.6. The molecule has 0 bridgehead atoms. The SMILES string of the molecule is C[C@H](Nc1ccc(S(=O)(=O)c2ccc(N)cc2)cc1)C(=O)O. The van der Waals surface area contributed by atoms with Crippen LogP contribution in [-0.4, -0.2) is 25.5 Å². The summed E-state index contributed by atoms with van der Waals surface area (Å²) in [6.07, 6.45) is 0. The van der Waals surface area contributed by atoms with Crippen LogP contribution < -0.4 is 11.1 Å². The predicted octanol–water partition coefficient (Wildman–Crippen LogP) is 1.99. The van der Waals surface area contributed by atoms with E-state index in [-0.39, 0.29) is 9.79 Å². The minimum absolute atomic E-state index is 0.130. The Bertz CT molecular complexity index is 768. The van der Waals surface area contributed by atoms with E-state index in [2.05, 4.69) is 5.32 Å². The van der Waals surface area contributed by atoms with E-state index in [0.717, 1.165) is 0 Å². The van der Waals surface area contributed by atoms with E-state index in [9.17, 15) is 13.2 Å². The normalized spacial score (nSPS) is 12.6. The van der Waals surface area contributed by atoms with Gasteiger partial charge in [-0.25, -0.2) is 8.42 Å². The number of sulfone groups is 1. The van der Waals surface area contributed by atoms with Crippen LogP contribution in [0.3, 0.4) is 0 Å². The number of carboxylic acids is 1. The van der Waals surface area contributed by atoms with Gasteiger partial charge in [0.1, 0.15) is 6.04 Å². The summed E-state index contributed by atoms with van der Waals surface area (Å²) in [5.74, 6) is -0.987. The van der Waals surface area contributed by atoms with Gasteiger partial charge in [0, 0.05) is 11.4 Å². The molecule has 0 saturated carbocycles. The molecule has 0 aliphatic rings. The van der Waals surface area contributed by atoms with Gasteiger partial charge in [0.05, 0.1) is 9.79 Å². The van der Waals surface area contributed by atoms with E-state index in [1.54, 1.807) is 0 Å². The fourth-order valence-electron chi connectivity index (χ4n) is 1.83. The monoisotopic (exact) mass is 320 g/mol. The molecule has 1 atom stereocenters. The zero-order chi connectivity index (χ0) is 16.3. The third-order valence-electron chi connectivity index (χ3n) is 3.11. The summed E-state index contributed by atoms with van der Waals surface area (Å²) in [7, 11) is -3.62. The number of aliphatic carboxylic acids is 1. The van der Waals surface area contributed by atoms with Gasteiger partial charge in [-0.2, -0.15) is 0 Å². The van der Waals surface area contributed by atoms with E-state index in [1.165, 1.54) is 55.5 Å². The Kier molecular flexibility index (Phi) is 4.37. The molecule has 0 unspecified atom stereocenters. The first-order chi connectivity index (χ1) is 10.3. The van der Waals surface area contributed by atoms with Crippen LogP contribution in [0.2, 0.25) is 0 Å². The van der Waals surface area contributed by atoms with Gasteiger partial charge in [-0.05, 0) is 55.5 Å². The molecular formula is C15H16N2O4S. The average Bonchev–Trinajstić information content (AvgIpc) is 2.48. The average molecular weight is 320 g/mol. The Hall–Kier alpha value is -2.54. The van der Waals surface area contributed by atoms with Crippen LogP contribution in [0.1, 0.15) is 6.92 Å². The van der Waals surface area contributed by atoms with Gasteiger partial charge < -0.3 is 16.2 Å². The van der Waals surface area contributed by atoms with Crippen molar-refractivity contribution in [3.8, 4) is 0 Å². The van der Waals surface area contributed by atoms with Crippen LogP contribution in [0.5, 0.6) is 0 Å². The maximum absolute atomic E-state index is 12.4. The van der Waals surface area contributed by atoms with E-state index >= 15 is 0 Å². The lowest BCUT2D eigenvalue weighted by Crippen LogP contribution is -2.25. The summed E-state index contributed by atoms with van der Waals surface area (Å²) in [4.78, 5) is 11.1. The van der Waals surface area contributed by atoms with Gasteiger partial charge in [-0.15, -0.1) is 0 Å². The molecule has 0 radical (unpaired) electrons. The third kappa shape index (κ3) is 3.37. The van der Waals surface area contributed by atoms with Crippen molar-refractivity contribution in [2.75, 3.05) is 11.1 Å². The summed E-state index contributed by atoms with van der Waals surface area (Å²) in [5.41, 5.74) is 6.57. The second kappa shape index (κ2) is 6.07. The van der Waals surface area contributed by atoms with Gasteiger partial charge in [0.25, 0.3) is 0 Å². The van der Waals surface area contributed by atoms with Crippen molar-refractivity contribution in [2.45, 2.75) is 22.8 Å². The molecule has 0 aromatic heterocycles. The fraction of sp³-hybridized carbons (Fsp3) is 0.133. The van der Waals surface area contributed by atoms with E-state index in [4.69, 9.17) is 10.8 Å². The number of hydrogen-bond donors (Lipinski definition) is 3. The first-order valence-electron chi connectivity index (χ1n) is 6.51. The molecule has 0 heterocycles. The lowest BCUT2D eigenvalue weighted by Gasteiger charge is -2.11. The van der Waals surface area contributed by atoms with E-state index < -0.39 is 21.8 Å². The Morgan fingerprint density at radius 3 is 1.95 bits per heavy atom. The molecular weight excluding hydrogens is 304 g/mol. The summed E-state index contributed by atoms with van der Waals surface area (Å²) in [6.45, 7) is 1.50. The van der Waals surface area contributed by atoms with Crippen LogP contribution in [-0.2, 0) is 14.6 Å². The van der Waals surface area contributed by atoms with E-state index in [0.29, 0.717) is 11.4 Å².